The van der Waals surface area contributed by atoms with E-state index in [0.717, 1.165) is 35.8 Å². The first-order valence-electron chi connectivity index (χ1n) is 7.30. The summed E-state index contributed by atoms with van der Waals surface area (Å²) < 4.78 is 14.2. The van der Waals surface area contributed by atoms with Crippen LogP contribution in [-0.4, -0.2) is 35.1 Å². The van der Waals surface area contributed by atoms with Crippen molar-refractivity contribution in [2.75, 3.05) is 13.2 Å². The molecule has 1 amide bonds. The summed E-state index contributed by atoms with van der Waals surface area (Å²) in [5.41, 5.74) is 0. The minimum atomic E-state index is -0.290. The van der Waals surface area contributed by atoms with Gasteiger partial charge in [0.2, 0.25) is 0 Å². The summed E-state index contributed by atoms with van der Waals surface area (Å²) in [7, 11) is 0. The number of carbonyl (C=O) groups is 1. The van der Waals surface area contributed by atoms with Crippen LogP contribution >= 0.6 is 11.3 Å². The first-order valence-corrected chi connectivity index (χ1v) is 8.11. The van der Waals surface area contributed by atoms with Crippen LogP contribution in [0.1, 0.15) is 35.4 Å². The molecule has 1 aromatic carbocycles. The van der Waals surface area contributed by atoms with Gasteiger partial charge in [-0.25, -0.2) is 4.39 Å². The largest absolute Gasteiger partial charge is 0.395 e. The van der Waals surface area contributed by atoms with E-state index in [-0.39, 0.29) is 24.4 Å². The number of rotatable bonds is 4. The lowest BCUT2D eigenvalue weighted by atomic mass is 10.2. The van der Waals surface area contributed by atoms with Gasteiger partial charge < -0.3 is 10.0 Å². The molecule has 1 fully saturated rings. The predicted molar refractivity (Wildman–Crippen MR) is 82.2 cm³/mol. The van der Waals surface area contributed by atoms with E-state index in [0.29, 0.717) is 11.4 Å². The summed E-state index contributed by atoms with van der Waals surface area (Å²) >= 11 is 1.39. The zero-order valence-electron chi connectivity index (χ0n) is 11.7. The minimum absolute atomic E-state index is 0.0260. The molecule has 3 rings (SSSR count). The maximum Gasteiger partial charge on any atom is 0.264 e. The first-order chi connectivity index (χ1) is 10.2. The molecular formula is C16H18FNO2S. The Labute approximate surface area is 127 Å². The van der Waals surface area contributed by atoms with Gasteiger partial charge >= 0.3 is 0 Å². The molecule has 0 bridgehead atoms. The van der Waals surface area contributed by atoms with Crippen LogP contribution in [0.4, 0.5) is 4.39 Å². The fourth-order valence-electron chi connectivity index (χ4n) is 3.03. The van der Waals surface area contributed by atoms with Gasteiger partial charge in [0.05, 0.1) is 11.5 Å². The number of nitrogens with zero attached hydrogens (tertiary/aromatic N) is 1. The number of fused-ring (bicyclic) bond motifs is 1. The number of hydrogen-bond donors (Lipinski definition) is 1. The monoisotopic (exact) mass is 307 g/mol. The Kier molecular flexibility index (Phi) is 4.22. The van der Waals surface area contributed by atoms with Crippen molar-refractivity contribution in [3.63, 3.8) is 0 Å². The van der Waals surface area contributed by atoms with Crippen molar-refractivity contribution in [2.24, 2.45) is 0 Å². The van der Waals surface area contributed by atoms with Crippen LogP contribution in [0.5, 0.6) is 0 Å². The lowest BCUT2D eigenvalue weighted by Crippen LogP contribution is -2.40. The normalized spacial score (nSPS) is 15.7. The second-order valence-corrected chi connectivity index (χ2v) is 6.54. The lowest BCUT2D eigenvalue weighted by Gasteiger charge is -2.27. The van der Waals surface area contributed by atoms with Gasteiger partial charge in [0, 0.05) is 17.3 Å². The number of amides is 1. The molecular weight excluding hydrogens is 289 g/mol. The number of carbonyl (C=O) groups excluding carboxylic acids is 1. The highest BCUT2D eigenvalue weighted by Gasteiger charge is 2.27. The average molecular weight is 307 g/mol. The maximum atomic E-state index is 13.2. The van der Waals surface area contributed by atoms with Crippen LogP contribution in [0.15, 0.2) is 24.3 Å². The summed E-state index contributed by atoms with van der Waals surface area (Å²) in [6.45, 7) is 0.341. The molecule has 0 atom stereocenters. The van der Waals surface area contributed by atoms with Gasteiger partial charge in [-0.2, -0.15) is 0 Å². The lowest BCUT2D eigenvalue weighted by molar-refractivity contribution is 0.0643. The molecule has 1 aromatic heterocycles. The number of aliphatic hydroxyl groups is 1. The molecule has 3 nitrogen and oxygen atoms in total. The van der Waals surface area contributed by atoms with Crippen LogP contribution in [0.3, 0.4) is 0 Å². The third-order valence-electron chi connectivity index (χ3n) is 4.06. The Hall–Kier alpha value is -1.46. The summed E-state index contributed by atoms with van der Waals surface area (Å²) in [5.74, 6) is -0.333. The number of thiophene rings is 1. The van der Waals surface area contributed by atoms with Gasteiger partial charge in [0.1, 0.15) is 5.82 Å². The highest BCUT2D eigenvalue weighted by Crippen LogP contribution is 2.30. The molecule has 5 heteroatoms. The fraction of sp³-hybridized carbons (Fsp3) is 0.438. The summed E-state index contributed by atoms with van der Waals surface area (Å²) in [4.78, 5) is 15.1. The molecule has 21 heavy (non-hydrogen) atoms. The van der Waals surface area contributed by atoms with Crippen molar-refractivity contribution >= 4 is 27.3 Å². The highest BCUT2D eigenvalue weighted by molar-refractivity contribution is 7.20. The molecule has 0 aliphatic heterocycles. The van der Waals surface area contributed by atoms with E-state index in [4.69, 9.17) is 0 Å². The summed E-state index contributed by atoms with van der Waals surface area (Å²) in [5, 5.41) is 9.99. The average Bonchev–Trinajstić information content (AvgIpc) is 3.12. The third-order valence-corrected chi connectivity index (χ3v) is 5.16. The first kappa shape index (κ1) is 14.5. The van der Waals surface area contributed by atoms with Crippen LogP contribution in [0.25, 0.3) is 10.1 Å². The van der Waals surface area contributed by atoms with Crippen molar-refractivity contribution in [1.82, 2.24) is 4.90 Å². The summed E-state index contributed by atoms with van der Waals surface area (Å²) in [6.07, 6.45) is 4.28. The van der Waals surface area contributed by atoms with Crippen molar-refractivity contribution in [3.05, 3.63) is 35.0 Å². The Balaban J connectivity index is 1.89. The molecule has 0 radical (unpaired) electrons. The van der Waals surface area contributed by atoms with Crippen molar-refractivity contribution in [1.29, 1.82) is 0 Å². The van der Waals surface area contributed by atoms with Gasteiger partial charge in [-0.05, 0) is 42.5 Å². The maximum absolute atomic E-state index is 13.2. The number of benzene rings is 1. The van der Waals surface area contributed by atoms with Gasteiger partial charge in [0.25, 0.3) is 5.91 Å². The molecule has 1 N–H and O–H groups in total. The van der Waals surface area contributed by atoms with Crippen LogP contribution in [0.2, 0.25) is 0 Å². The Morgan fingerprint density at radius 1 is 1.33 bits per heavy atom. The molecule has 1 saturated carbocycles. The number of halogens is 1. The molecule has 0 unspecified atom stereocenters. The Morgan fingerprint density at radius 3 is 2.81 bits per heavy atom. The van der Waals surface area contributed by atoms with E-state index in [9.17, 15) is 14.3 Å². The standard InChI is InChI=1S/C16H18FNO2S/c17-12-5-6-14-11(9-12)10-15(21-14)16(20)18(7-8-19)13-3-1-2-4-13/h5-6,9-10,13,19H,1-4,7-8H2. The zero-order chi connectivity index (χ0) is 14.8. The van der Waals surface area contributed by atoms with E-state index in [1.165, 1.54) is 23.5 Å². The minimum Gasteiger partial charge on any atom is -0.395 e. The molecule has 1 aliphatic carbocycles. The molecule has 0 spiro atoms. The topological polar surface area (TPSA) is 40.5 Å². The van der Waals surface area contributed by atoms with Gasteiger partial charge in [-0.1, -0.05) is 12.8 Å². The van der Waals surface area contributed by atoms with E-state index < -0.39 is 0 Å². The molecule has 1 aliphatic rings. The van der Waals surface area contributed by atoms with E-state index in [1.807, 2.05) is 0 Å². The van der Waals surface area contributed by atoms with Crippen LogP contribution in [0, 0.1) is 5.82 Å². The van der Waals surface area contributed by atoms with Crippen molar-refractivity contribution < 1.29 is 14.3 Å². The van der Waals surface area contributed by atoms with Crippen molar-refractivity contribution in [2.45, 2.75) is 31.7 Å². The predicted octanol–water partition coefficient (Wildman–Crippen LogP) is 3.42. The smallest absolute Gasteiger partial charge is 0.264 e. The molecule has 1 heterocycles. The second kappa shape index (κ2) is 6.12. The van der Waals surface area contributed by atoms with E-state index in [2.05, 4.69) is 0 Å². The quantitative estimate of drug-likeness (QED) is 0.940. The molecule has 2 aromatic rings. The van der Waals surface area contributed by atoms with Gasteiger partial charge in [-0.15, -0.1) is 11.3 Å². The zero-order valence-corrected chi connectivity index (χ0v) is 12.5. The molecule has 112 valence electrons. The van der Waals surface area contributed by atoms with Crippen molar-refractivity contribution in [3.8, 4) is 0 Å². The van der Waals surface area contributed by atoms with Crippen LogP contribution < -0.4 is 0 Å². The third kappa shape index (κ3) is 2.94. The van der Waals surface area contributed by atoms with Gasteiger partial charge in [-0.3, -0.25) is 4.79 Å². The van der Waals surface area contributed by atoms with Crippen LogP contribution in [-0.2, 0) is 0 Å². The highest BCUT2D eigenvalue weighted by atomic mass is 32.1. The Morgan fingerprint density at radius 2 is 2.10 bits per heavy atom. The SMILES string of the molecule is O=C(c1cc2cc(F)ccc2s1)N(CCO)C1CCCC1. The fourth-order valence-corrected chi connectivity index (χ4v) is 4.03. The second-order valence-electron chi connectivity index (χ2n) is 5.45. The molecule has 0 saturated heterocycles. The number of aliphatic hydroxyl groups excluding tert-OH is 1. The number of hydrogen-bond acceptors (Lipinski definition) is 3. The van der Waals surface area contributed by atoms with Gasteiger partial charge in [0.15, 0.2) is 0 Å². The van der Waals surface area contributed by atoms with E-state index in [1.54, 1.807) is 17.0 Å². The van der Waals surface area contributed by atoms with E-state index >= 15 is 0 Å². The Bertz CT molecular complexity index is 649. The summed E-state index contributed by atoms with van der Waals surface area (Å²) in [6, 6.07) is 6.55.